The summed E-state index contributed by atoms with van der Waals surface area (Å²) < 4.78 is 52.2. The Labute approximate surface area is 292 Å². The van der Waals surface area contributed by atoms with Gasteiger partial charge in [0, 0.05) is 21.7 Å². The van der Waals surface area contributed by atoms with E-state index >= 15 is 0 Å². The van der Waals surface area contributed by atoms with Crippen LogP contribution in [0.2, 0.25) is 0 Å². The summed E-state index contributed by atoms with van der Waals surface area (Å²) in [5.41, 5.74) is 1.53. The van der Waals surface area contributed by atoms with Crippen LogP contribution in [0.15, 0.2) is 76.6 Å². The van der Waals surface area contributed by atoms with Gasteiger partial charge in [0.1, 0.15) is 0 Å². The van der Waals surface area contributed by atoms with E-state index in [2.05, 4.69) is 10.3 Å². The van der Waals surface area contributed by atoms with Crippen molar-refractivity contribution in [1.29, 1.82) is 0 Å². The number of imide groups is 1. The Morgan fingerprint density at radius 1 is 0.980 bits per heavy atom. The lowest BCUT2D eigenvalue weighted by atomic mass is 9.68. The van der Waals surface area contributed by atoms with E-state index in [9.17, 15) is 32.3 Å². The molecule has 1 aromatic heterocycles. The van der Waals surface area contributed by atoms with E-state index in [1.165, 1.54) is 31.0 Å². The molecule has 4 aliphatic rings. The summed E-state index contributed by atoms with van der Waals surface area (Å²) in [5.74, 6) is -2.81. The average Bonchev–Trinajstić information content (AvgIpc) is 3.83. The van der Waals surface area contributed by atoms with Gasteiger partial charge in [0.15, 0.2) is 18.1 Å². The number of methoxy groups -OCH3 is 1. The highest BCUT2D eigenvalue weighted by Crippen LogP contribution is 2.69. The molecule has 8 rings (SSSR count). The molecule has 2 aliphatic carbocycles. The molecule has 3 fully saturated rings. The van der Waals surface area contributed by atoms with Crippen molar-refractivity contribution >= 4 is 52.2 Å². The number of amides is 3. The number of rotatable bonds is 7. The Morgan fingerprint density at radius 2 is 1.72 bits per heavy atom. The van der Waals surface area contributed by atoms with Gasteiger partial charge in [-0.1, -0.05) is 41.2 Å². The number of anilines is 2. The minimum Gasteiger partial charge on any atom is -0.493 e. The number of aromatic amines is 1. The fourth-order valence-corrected chi connectivity index (χ4v) is 11.3. The zero-order valence-corrected chi connectivity index (χ0v) is 28.3. The van der Waals surface area contributed by atoms with E-state index in [1.54, 1.807) is 18.2 Å². The van der Waals surface area contributed by atoms with Crippen molar-refractivity contribution in [3.05, 3.63) is 98.0 Å². The number of nitrogens with one attached hydrogen (secondary N) is 2. The fourth-order valence-electron chi connectivity index (χ4n) is 8.44. The zero-order chi connectivity index (χ0) is 35.1. The van der Waals surface area contributed by atoms with E-state index in [1.807, 2.05) is 31.2 Å². The number of ether oxygens (including phenoxy) is 2. The third kappa shape index (κ3) is 5.31. The van der Waals surface area contributed by atoms with E-state index in [0.29, 0.717) is 28.6 Å². The van der Waals surface area contributed by atoms with Gasteiger partial charge in [-0.15, -0.1) is 11.8 Å². The van der Waals surface area contributed by atoms with Crippen molar-refractivity contribution in [1.82, 2.24) is 4.98 Å². The van der Waals surface area contributed by atoms with Crippen molar-refractivity contribution < 1.29 is 37.0 Å². The van der Waals surface area contributed by atoms with Crippen LogP contribution in [-0.2, 0) is 20.6 Å². The quantitative estimate of drug-likeness (QED) is 0.210. The summed E-state index contributed by atoms with van der Waals surface area (Å²) in [7, 11) is 1.49. The number of alkyl halides is 3. The largest absolute Gasteiger partial charge is 0.493 e. The standard InChI is InChI=1S/C36H30F3N3O6S2/c1-16-6-9-19(10-7-16)40-25(43)15-48-23-11-8-17(12-24(23)47-2)26-27-21-14-22(30(27)49-32-31(26)50-35(46)41-32)29-28(21)33(44)42(34(29)45)20-5-3-4-18(13-20)36(37,38)39/h3-13,21-22,26-30H,14-15H2,1-2H3,(H,40,43)(H,41,46)/t21?,22?,26-,27?,28?,29?,30?/m1/s1. The number of H-pyrrole nitrogens is 1. The molecule has 258 valence electrons. The maximum atomic E-state index is 14.0. The van der Waals surface area contributed by atoms with E-state index in [4.69, 9.17) is 9.47 Å². The van der Waals surface area contributed by atoms with Gasteiger partial charge in [0.25, 0.3) is 5.91 Å². The number of nitrogens with zero attached hydrogens (tertiary/aromatic N) is 1. The lowest BCUT2D eigenvalue weighted by Gasteiger charge is -2.43. The molecule has 1 saturated heterocycles. The SMILES string of the molecule is COc1cc([C@H]2c3sc(=O)[nH]c3SC3C4CC(C5C(=O)N(c6cccc(C(F)(F)F)c6)C(=O)C45)C32)ccc1OCC(=O)Nc1ccc(C)cc1. The highest BCUT2D eigenvalue weighted by molar-refractivity contribution is 8.00. The summed E-state index contributed by atoms with van der Waals surface area (Å²) in [6.45, 7) is 1.69. The van der Waals surface area contributed by atoms with Crippen LogP contribution in [0.5, 0.6) is 11.5 Å². The molecule has 6 unspecified atom stereocenters. The third-order valence-corrected chi connectivity index (χ3v) is 13.0. The Kier molecular flexibility index (Phi) is 7.86. The summed E-state index contributed by atoms with van der Waals surface area (Å²) >= 11 is 2.62. The first-order chi connectivity index (χ1) is 23.9. The predicted octanol–water partition coefficient (Wildman–Crippen LogP) is 6.47. The number of benzene rings is 3. The van der Waals surface area contributed by atoms with Crippen LogP contribution < -0.4 is 24.6 Å². The van der Waals surface area contributed by atoms with E-state index < -0.39 is 35.4 Å². The molecule has 0 radical (unpaired) electrons. The van der Waals surface area contributed by atoms with Gasteiger partial charge in [-0.3, -0.25) is 24.1 Å². The van der Waals surface area contributed by atoms with Crippen molar-refractivity contribution in [3.8, 4) is 11.5 Å². The molecule has 0 spiro atoms. The summed E-state index contributed by atoms with van der Waals surface area (Å²) in [5, 5.41) is 3.40. The topological polar surface area (TPSA) is 118 Å². The molecule has 9 nitrogen and oxygen atoms in total. The summed E-state index contributed by atoms with van der Waals surface area (Å²) in [4.78, 5) is 57.7. The summed E-state index contributed by atoms with van der Waals surface area (Å²) in [6.07, 6.45) is -4.00. The molecule has 2 N–H and O–H groups in total. The molecule has 2 aliphatic heterocycles. The number of thiazole rings is 1. The number of halogens is 3. The smallest absolute Gasteiger partial charge is 0.416 e. The third-order valence-electron chi connectivity index (χ3n) is 10.4. The van der Waals surface area contributed by atoms with E-state index in [-0.39, 0.29) is 52.0 Å². The lowest BCUT2D eigenvalue weighted by Crippen LogP contribution is -2.42. The number of carbonyl (C=O) groups excluding carboxylic acids is 3. The number of carbonyl (C=O) groups is 3. The second kappa shape index (κ2) is 12.0. The summed E-state index contributed by atoms with van der Waals surface area (Å²) in [6, 6.07) is 17.1. The Morgan fingerprint density at radius 3 is 2.44 bits per heavy atom. The first-order valence-electron chi connectivity index (χ1n) is 16.0. The number of aryl methyl sites for hydroxylation is 1. The maximum absolute atomic E-state index is 14.0. The number of hydrogen-bond donors (Lipinski definition) is 2. The highest BCUT2D eigenvalue weighted by atomic mass is 32.2. The maximum Gasteiger partial charge on any atom is 0.416 e. The minimum absolute atomic E-state index is 0.0767. The molecule has 3 aromatic carbocycles. The first-order valence-corrected chi connectivity index (χ1v) is 17.7. The molecule has 4 aromatic rings. The molecule has 3 amide bonds. The molecule has 3 heterocycles. The second-order valence-corrected chi connectivity index (χ2v) is 15.3. The molecular weight excluding hydrogens is 692 g/mol. The van der Waals surface area contributed by atoms with Crippen LogP contribution >= 0.6 is 23.1 Å². The monoisotopic (exact) mass is 721 g/mol. The van der Waals surface area contributed by atoms with E-state index in [0.717, 1.165) is 44.4 Å². The predicted molar refractivity (Wildman–Crippen MR) is 181 cm³/mol. The van der Waals surface area contributed by atoms with Gasteiger partial charge >= 0.3 is 11.0 Å². The number of fused-ring (bicyclic) bond motifs is 9. The van der Waals surface area contributed by atoms with Gasteiger partial charge in [-0.2, -0.15) is 13.2 Å². The van der Waals surface area contributed by atoms with Crippen molar-refractivity contribution in [3.63, 3.8) is 0 Å². The van der Waals surface area contributed by atoms with Crippen molar-refractivity contribution in [2.75, 3.05) is 23.9 Å². The number of aromatic nitrogens is 1. The van der Waals surface area contributed by atoms with Gasteiger partial charge in [0.2, 0.25) is 11.8 Å². The molecule has 7 atom stereocenters. The Hall–Kier alpha value is -4.56. The van der Waals surface area contributed by atoms with Gasteiger partial charge in [0.05, 0.1) is 35.2 Å². The minimum atomic E-state index is -4.63. The van der Waals surface area contributed by atoms with Crippen molar-refractivity contribution in [2.24, 2.45) is 29.6 Å². The van der Waals surface area contributed by atoms with Crippen LogP contribution in [0.25, 0.3) is 0 Å². The first kappa shape index (κ1) is 32.6. The molecular formula is C36H30F3N3O6S2. The van der Waals surface area contributed by atoms with Crippen LogP contribution in [0, 0.1) is 36.5 Å². The second-order valence-electron chi connectivity index (χ2n) is 13.1. The molecule has 2 saturated carbocycles. The van der Waals surface area contributed by atoms with Gasteiger partial charge < -0.3 is 19.8 Å². The average molecular weight is 722 g/mol. The van der Waals surface area contributed by atoms with Crippen LogP contribution in [0.1, 0.15) is 33.9 Å². The highest BCUT2D eigenvalue weighted by Gasteiger charge is 2.69. The van der Waals surface area contributed by atoms with Crippen LogP contribution in [0.4, 0.5) is 24.5 Å². The molecule has 2 bridgehead atoms. The van der Waals surface area contributed by atoms with Crippen molar-refractivity contribution in [2.45, 2.75) is 35.7 Å². The van der Waals surface area contributed by atoms with Gasteiger partial charge in [-0.05, 0) is 79.1 Å². The normalized spacial score (nSPS) is 26.4. The zero-order valence-electron chi connectivity index (χ0n) is 26.7. The fraction of sp³-hybridized carbons (Fsp3) is 0.333. The van der Waals surface area contributed by atoms with Crippen LogP contribution in [-0.4, -0.2) is 41.7 Å². The number of hydrogen-bond acceptors (Lipinski definition) is 8. The Balaban J connectivity index is 1.09. The number of thioether (sulfide) groups is 1. The van der Waals surface area contributed by atoms with Crippen LogP contribution in [0.3, 0.4) is 0 Å². The lowest BCUT2D eigenvalue weighted by molar-refractivity contribution is -0.137. The molecule has 14 heteroatoms. The Bertz CT molecular complexity index is 2100. The van der Waals surface area contributed by atoms with Gasteiger partial charge in [-0.25, -0.2) is 0 Å². The molecule has 50 heavy (non-hydrogen) atoms.